The summed E-state index contributed by atoms with van der Waals surface area (Å²) in [7, 11) is 0. The second kappa shape index (κ2) is 7.21. The van der Waals surface area contributed by atoms with E-state index in [1.165, 1.54) is 0 Å². The van der Waals surface area contributed by atoms with Gasteiger partial charge in [-0.05, 0) is 0 Å². The molecule has 0 aliphatic carbocycles. The highest BCUT2D eigenvalue weighted by Crippen LogP contribution is 2.01. The fraction of sp³-hybridized carbons (Fsp3) is 0.667. The van der Waals surface area contributed by atoms with E-state index in [0.29, 0.717) is 0 Å². The Morgan fingerprint density at radius 3 is 1.63 bits per heavy atom. The van der Waals surface area contributed by atoms with Crippen molar-refractivity contribution in [3.05, 3.63) is 40.5 Å². The van der Waals surface area contributed by atoms with Crippen LogP contribution in [-0.4, -0.2) is 38.3 Å². The minimum atomic E-state index is -3.01. The molecule has 1 amide bonds. The average Bonchev–Trinajstić information content (AvgIpc) is 2.13. The number of rotatable bonds is 6. The number of amides is 1. The summed E-state index contributed by atoms with van der Waals surface area (Å²) in [5.74, 6) is 0. The van der Waals surface area contributed by atoms with Gasteiger partial charge in [-0.3, -0.25) is 35.7 Å². The molecule has 0 rings (SSSR count). The third-order valence-electron chi connectivity index (χ3n) is 1.36. The molecule has 0 heterocycles. The minimum absolute atomic E-state index is 0. The standard InChI is InChI=1S/C3H3N5O10.H3N/c9-3(18-8(16)17)4-1(5(10)11)2(6(12)13)7(14)15;/h1-2H,(H,4,9);1H3. The van der Waals surface area contributed by atoms with Crippen LogP contribution in [0, 0.1) is 40.5 Å². The largest absolute Gasteiger partial charge is 0.534 e. The normalized spacial score (nSPS) is 10.8. The first-order chi connectivity index (χ1) is 8.16. The predicted molar refractivity (Wildman–Crippen MR) is 50.2 cm³/mol. The van der Waals surface area contributed by atoms with Crippen LogP contribution in [0.5, 0.6) is 0 Å². The molecule has 19 heavy (non-hydrogen) atoms. The summed E-state index contributed by atoms with van der Waals surface area (Å²) in [6.07, 6.45) is -7.88. The fourth-order valence-electron chi connectivity index (χ4n) is 0.758. The van der Waals surface area contributed by atoms with Crippen LogP contribution >= 0.6 is 0 Å². The van der Waals surface area contributed by atoms with Crippen LogP contribution in [0.3, 0.4) is 0 Å². The summed E-state index contributed by atoms with van der Waals surface area (Å²) in [5, 5.41) is 39.8. The van der Waals surface area contributed by atoms with Crippen LogP contribution in [0.2, 0.25) is 0 Å². The lowest BCUT2D eigenvalue weighted by atomic mass is 10.4. The summed E-state index contributed by atoms with van der Waals surface area (Å²) in [4.78, 5) is 49.4. The first-order valence-corrected chi connectivity index (χ1v) is 3.70. The average molecular weight is 286 g/mol. The van der Waals surface area contributed by atoms with Gasteiger partial charge in [0.05, 0.1) is 4.92 Å². The molecule has 16 nitrogen and oxygen atoms in total. The molecule has 16 heteroatoms. The number of hydrogen-bond acceptors (Lipinski definition) is 11. The van der Waals surface area contributed by atoms with E-state index in [9.17, 15) is 45.3 Å². The van der Waals surface area contributed by atoms with E-state index in [4.69, 9.17) is 0 Å². The van der Waals surface area contributed by atoms with Crippen LogP contribution in [0.1, 0.15) is 0 Å². The maximum atomic E-state index is 10.6. The molecule has 1 atom stereocenters. The first-order valence-electron chi connectivity index (χ1n) is 3.70. The van der Waals surface area contributed by atoms with Gasteiger partial charge in [0.15, 0.2) is 0 Å². The highest BCUT2D eigenvalue weighted by Gasteiger charge is 2.52. The zero-order valence-electron chi connectivity index (χ0n) is 8.73. The summed E-state index contributed by atoms with van der Waals surface area (Å²) >= 11 is 0. The highest BCUT2D eigenvalue weighted by atomic mass is 17.0. The molecule has 1 unspecified atom stereocenters. The molecule has 0 fully saturated rings. The van der Waals surface area contributed by atoms with Crippen LogP contribution in [-0.2, 0) is 4.84 Å². The van der Waals surface area contributed by atoms with E-state index in [2.05, 4.69) is 4.84 Å². The second-order valence-corrected chi connectivity index (χ2v) is 2.46. The number of hydrogen-bond donors (Lipinski definition) is 2. The van der Waals surface area contributed by atoms with E-state index in [1.54, 1.807) is 0 Å². The van der Waals surface area contributed by atoms with Gasteiger partial charge >= 0.3 is 23.5 Å². The topological polar surface area (TPSA) is 246 Å². The molecule has 0 spiro atoms. The van der Waals surface area contributed by atoms with Crippen LogP contribution < -0.4 is 11.5 Å². The molecule has 4 N–H and O–H groups in total. The van der Waals surface area contributed by atoms with E-state index >= 15 is 0 Å². The maximum Gasteiger partial charge on any atom is 0.534 e. The molecule has 0 aliphatic heterocycles. The summed E-state index contributed by atoms with van der Waals surface area (Å²) in [6.45, 7) is 0. The van der Waals surface area contributed by atoms with Crippen molar-refractivity contribution in [2.45, 2.75) is 12.3 Å². The van der Waals surface area contributed by atoms with Gasteiger partial charge in [0, 0.05) is 0 Å². The minimum Gasteiger partial charge on any atom is -0.344 e. The Morgan fingerprint density at radius 2 is 1.37 bits per heavy atom. The fourth-order valence-corrected chi connectivity index (χ4v) is 0.758. The van der Waals surface area contributed by atoms with Crippen LogP contribution in [0.25, 0.3) is 0 Å². The molecule has 0 aromatic heterocycles. The monoisotopic (exact) mass is 286 g/mol. The number of nitrogens with one attached hydrogen (secondary N) is 1. The van der Waals surface area contributed by atoms with Crippen molar-refractivity contribution < 1.29 is 29.5 Å². The van der Waals surface area contributed by atoms with E-state index in [-0.39, 0.29) is 6.15 Å². The Hall–Kier alpha value is -3.17. The molecular formula is C3H6N6O10. The van der Waals surface area contributed by atoms with Crippen molar-refractivity contribution >= 4 is 6.09 Å². The van der Waals surface area contributed by atoms with Gasteiger partial charge in [-0.15, -0.1) is 10.1 Å². The van der Waals surface area contributed by atoms with Gasteiger partial charge in [-0.2, -0.15) is 0 Å². The number of nitrogens with zero attached hydrogens (tertiary/aromatic N) is 4. The Kier molecular flexibility index (Phi) is 6.91. The number of carbonyl (C=O) groups excluding carboxylic acids is 1. The lowest BCUT2D eigenvalue weighted by Crippen LogP contribution is -2.55. The summed E-state index contributed by atoms with van der Waals surface area (Å²) in [5.41, 5.74) is 0. The lowest BCUT2D eigenvalue weighted by Gasteiger charge is -2.08. The molecule has 0 aromatic carbocycles. The molecule has 0 bridgehead atoms. The zero-order chi connectivity index (χ0) is 14.5. The second-order valence-electron chi connectivity index (χ2n) is 2.46. The molecule has 0 radical (unpaired) electrons. The van der Waals surface area contributed by atoms with Crippen molar-refractivity contribution in [1.82, 2.24) is 11.5 Å². The molecule has 108 valence electrons. The van der Waals surface area contributed by atoms with Crippen molar-refractivity contribution in [2.75, 3.05) is 0 Å². The van der Waals surface area contributed by atoms with Crippen LogP contribution in [0.15, 0.2) is 0 Å². The maximum absolute atomic E-state index is 10.6. The quantitative estimate of drug-likeness (QED) is 0.324. The van der Waals surface area contributed by atoms with Gasteiger partial charge in [-0.25, -0.2) is 9.63 Å². The smallest absolute Gasteiger partial charge is 0.344 e. The first kappa shape index (κ1) is 18.2. The van der Waals surface area contributed by atoms with E-state index in [1.807, 2.05) is 0 Å². The zero-order valence-corrected chi connectivity index (χ0v) is 8.73. The van der Waals surface area contributed by atoms with Crippen molar-refractivity contribution in [3.63, 3.8) is 0 Å². The van der Waals surface area contributed by atoms with Crippen molar-refractivity contribution in [1.29, 1.82) is 0 Å². The van der Waals surface area contributed by atoms with Gasteiger partial charge < -0.3 is 6.15 Å². The third-order valence-corrected chi connectivity index (χ3v) is 1.36. The predicted octanol–water partition coefficient (Wildman–Crippen LogP) is -1.45. The van der Waals surface area contributed by atoms with Crippen molar-refractivity contribution in [2.24, 2.45) is 0 Å². The molecule has 0 aromatic rings. The number of nitro groups is 3. The lowest BCUT2D eigenvalue weighted by molar-refractivity contribution is -0.785. The molecule has 0 saturated heterocycles. The van der Waals surface area contributed by atoms with Gasteiger partial charge in [-0.1, -0.05) is 0 Å². The van der Waals surface area contributed by atoms with Gasteiger partial charge in [0.1, 0.15) is 9.85 Å². The Labute approximate surface area is 101 Å². The summed E-state index contributed by atoms with van der Waals surface area (Å²) in [6, 6.07) is 0. The number of carbonyl (C=O) groups is 1. The van der Waals surface area contributed by atoms with Crippen LogP contribution in [0.4, 0.5) is 4.79 Å². The third kappa shape index (κ3) is 5.63. The molecule has 0 aliphatic rings. The van der Waals surface area contributed by atoms with Gasteiger partial charge in [0.2, 0.25) is 0 Å². The summed E-state index contributed by atoms with van der Waals surface area (Å²) < 4.78 is 0. The molecular weight excluding hydrogens is 280 g/mol. The van der Waals surface area contributed by atoms with E-state index in [0.717, 1.165) is 5.32 Å². The Morgan fingerprint density at radius 1 is 0.947 bits per heavy atom. The highest BCUT2D eigenvalue weighted by molar-refractivity contribution is 5.66. The van der Waals surface area contributed by atoms with E-state index < -0.39 is 38.3 Å². The van der Waals surface area contributed by atoms with Crippen molar-refractivity contribution in [3.8, 4) is 0 Å². The SMILES string of the molecule is N.O=C(NC(C([N+](=O)[O-])[N+](=O)[O-])[N+](=O)[O-])O[N+](=O)[O-]. The Balaban J connectivity index is 0. The molecule has 0 saturated carbocycles. The Bertz CT molecular complexity index is 392. The van der Waals surface area contributed by atoms with Gasteiger partial charge in [0.25, 0.3) is 0 Å².